The standard InChI is InChI=1S/C14H9BrClFO2/c15-11-6-10(13(17)7-12(11)16)14(18)19-8-9-4-2-1-3-5-9/h1-7H,8H2. The molecular weight excluding hydrogens is 335 g/mol. The molecule has 0 spiro atoms. The van der Waals surface area contributed by atoms with Crippen LogP contribution in [0.3, 0.4) is 0 Å². The Kier molecular flexibility index (Phi) is 4.56. The maximum Gasteiger partial charge on any atom is 0.341 e. The molecule has 0 unspecified atom stereocenters. The molecule has 0 bridgehead atoms. The van der Waals surface area contributed by atoms with Gasteiger partial charge in [0.15, 0.2) is 0 Å². The van der Waals surface area contributed by atoms with Gasteiger partial charge in [-0.05, 0) is 33.6 Å². The van der Waals surface area contributed by atoms with Crippen LogP contribution in [-0.2, 0) is 11.3 Å². The van der Waals surface area contributed by atoms with Gasteiger partial charge in [0.05, 0.1) is 10.6 Å². The lowest BCUT2D eigenvalue weighted by Crippen LogP contribution is -2.07. The zero-order valence-electron chi connectivity index (χ0n) is 9.70. The van der Waals surface area contributed by atoms with Gasteiger partial charge in [-0.15, -0.1) is 0 Å². The number of esters is 1. The van der Waals surface area contributed by atoms with Crippen LogP contribution in [0.15, 0.2) is 46.9 Å². The lowest BCUT2D eigenvalue weighted by atomic mass is 10.2. The van der Waals surface area contributed by atoms with Crippen molar-refractivity contribution in [2.75, 3.05) is 0 Å². The Morgan fingerprint density at radius 1 is 1.26 bits per heavy atom. The highest BCUT2D eigenvalue weighted by Gasteiger charge is 2.15. The zero-order valence-corrected chi connectivity index (χ0v) is 12.0. The number of ether oxygens (including phenoxy) is 1. The van der Waals surface area contributed by atoms with Gasteiger partial charge >= 0.3 is 5.97 Å². The average molecular weight is 344 g/mol. The summed E-state index contributed by atoms with van der Waals surface area (Å²) in [4.78, 5) is 11.8. The van der Waals surface area contributed by atoms with Crippen LogP contribution in [0, 0.1) is 5.82 Å². The van der Waals surface area contributed by atoms with Crippen molar-refractivity contribution >= 4 is 33.5 Å². The van der Waals surface area contributed by atoms with E-state index in [1.165, 1.54) is 6.07 Å². The largest absolute Gasteiger partial charge is 0.457 e. The molecule has 0 atom stereocenters. The highest BCUT2D eigenvalue weighted by atomic mass is 79.9. The van der Waals surface area contributed by atoms with Crippen molar-refractivity contribution in [2.45, 2.75) is 6.61 Å². The molecule has 0 aliphatic heterocycles. The third-order valence-electron chi connectivity index (χ3n) is 2.44. The van der Waals surface area contributed by atoms with Crippen LogP contribution in [-0.4, -0.2) is 5.97 Å². The third-order valence-corrected chi connectivity index (χ3v) is 3.64. The maximum absolute atomic E-state index is 13.6. The number of carbonyl (C=O) groups is 1. The normalized spacial score (nSPS) is 10.3. The Hall–Kier alpha value is -1.39. The molecule has 0 amide bonds. The Balaban J connectivity index is 2.10. The molecule has 0 aliphatic carbocycles. The molecule has 2 aromatic carbocycles. The van der Waals surface area contributed by atoms with Crippen LogP contribution in [0.5, 0.6) is 0 Å². The van der Waals surface area contributed by atoms with E-state index in [1.54, 1.807) is 0 Å². The highest BCUT2D eigenvalue weighted by Crippen LogP contribution is 2.26. The van der Waals surface area contributed by atoms with E-state index in [0.717, 1.165) is 11.6 Å². The van der Waals surface area contributed by atoms with Gasteiger partial charge in [-0.3, -0.25) is 0 Å². The first-order valence-corrected chi connectivity index (χ1v) is 6.60. The fourth-order valence-corrected chi connectivity index (χ4v) is 1.97. The van der Waals surface area contributed by atoms with Gasteiger partial charge in [0.2, 0.25) is 0 Å². The smallest absolute Gasteiger partial charge is 0.341 e. The number of hydrogen-bond donors (Lipinski definition) is 0. The molecule has 2 aromatic rings. The van der Waals surface area contributed by atoms with Crippen molar-refractivity contribution < 1.29 is 13.9 Å². The molecule has 0 heterocycles. The van der Waals surface area contributed by atoms with Gasteiger partial charge in [0.25, 0.3) is 0 Å². The van der Waals surface area contributed by atoms with E-state index in [2.05, 4.69) is 15.9 Å². The summed E-state index contributed by atoms with van der Waals surface area (Å²) < 4.78 is 19.1. The third kappa shape index (κ3) is 3.55. The predicted octanol–water partition coefficient (Wildman–Crippen LogP) is 4.60. The van der Waals surface area contributed by atoms with Gasteiger partial charge in [-0.1, -0.05) is 41.9 Å². The molecule has 0 radical (unpaired) electrons. The highest BCUT2D eigenvalue weighted by molar-refractivity contribution is 9.10. The van der Waals surface area contributed by atoms with Gasteiger partial charge in [0, 0.05) is 4.47 Å². The number of benzene rings is 2. The molecule has 98 valence electrons. The summed E-state index contributed by atoms with van der Waals surface area (Å²) in [5.41, 5.74) is 0.691. The molecule has 2 rings (SSSR count). The van der Waals surface area contributed by atoms with E-state index in [0.29, 0.717) is 4.47 Å². The summed E-state index contributed by atoms with van der Waals surface area (Å²) in [5, 5.41) is 0.206. The van der Waals surface area contributed by atoms with Crippen molar-refractivity contribution in [3.8, 4) is 0 Å². The van der Waals surface area contributed by atoms with Crippen molar-refractivity contribution in [2.24, 2.45) is 0 Å². The molecule has 5 heteroatoms. The molecule has 0 N–H and O–H groups in total. The summed E-state index contributed by atoms with van der Waals surface area (Å²) >= 11 is 8.86. The van der Waals surface area contributed by atoms with E-state index in [-0.39, 0.29) is 17.2 Å². The van der Waals surface area contributed by atoms with E-state index >= 15 is 0 Å². The van der Waals surface area contributed by atoms with E-state index in [1.807, 2.05) is 30.3 Å². The van der Waals surface area contributed by atoms with Crippen molar-refractivity contribution in [1.82, 2.24) is 0 Å². The minimum atomic E-state index is -0.723. The maximum atomic E-state index is 13.6. The van der Waals surface area contributed by atoms with Crippen molar-refractivity contribution in [3.63, 3.8) is 0 Å². The first-order chi connectivity index (χ1) is 9.08. The molecule has 0 saturated carbocycles. The van der Waals surface area contributed by atoms with Gasteiger partial charge in [-0.2, -0.15) is 0 Å². The number of rotatable bonds is 3. The quantitative estimate of drug-likeness (QED) is 0.601. The first kappa shape index (κ1) is 14.0. The monoisotopic (exact) mass is 342 g/mol. The van der Waals surface area contributed by atoms with Gasteiger partial charge < -0.3 is 4.74 Å². The molecule has 2 nitrogen and oxygen atoms in total. The molecule has 19 heavy (non-hydrogen) atoms. The van der Waals surface area contributed by atoms with Crippen molar-refractivity contribution in [3.05, 3.63) is 68.9 Å². The molecule has 0 aromatic heterocycles. The lowest BCUT2D eigenvalue weighted by molar-refractivity contribution is 0.0467. The van der Waals surface area contributed by atoms with Crippen molar-refractivity contribution in [1.29, 1.82) is 0 Å². The van der Waals surface area contributed by atoms with Crippen LogP contribution >= 0.6 is 27.5 Å². The summed E-state index contributed by atoms with van der Waals surface area (Å²) in [7, 11) is 0. The minimum absolute atomic E-state index is 0.0966. The molecular formula is C14H9BrClFO2. The second kappa shape index (κ2) is 6.17. The minimum Gasteiger partial charge on any atom is -0.457 e. The molecule has 0 fully saturated rings. The SMILES string of the molecule is O=C(OCc1ccccc1)c1cc(Br)c(Cl)cc1F. The average Bonchev–Trinajstić information content (AvgIpc) is 2.41. The van der Waals surface area contributed by atoms with E-state index < -0.39 is 11.8 Å². The fraction of sp³-hybridized carbons (Fsp3) is 0.0714. The first-order valence-electron chi connectivity index (χ1n) is 5.43. The van der Waals surface area contributed by atoms with Crippen LogP contribution in [0.1, 0.15) is 15.9 Å². The second-order valence-corrected chi connectivity index (χ2v) is 5.07. The summed E-state index contributed by atoms with van der Waals surface area (Å²) in [6, 6.07) is 11.6. The summed E-state index contributed by atoms with van der Waals surface area (Å²) in [6.07, 6.45) is 0. The number of halogens is 3. The van der Waals surface area contributed by atoms with Gasteiger partial charge in [0.1, 0.15) is 12.4 Å². The Labute approximate surface area is 123 Å². The summed E-state index contributed by atoms with van der Waals surface area (Å²) in [6.45, 7) is 0.0966. The Bertz CT molecular complexity index is 602. The molecule has 0 aliphatic rings. The van der Waals surface area contributed by atoms with Crippen LogP contribution < -0.4 is 0 Å². The predicted molar refractivity (Wildman–Crippen MR) is 74.7 cm³/mol. The Morgan fingerprint density at radius 2 is 1.95 bits per heavy atom. The topological polar surface area (TPSA) is 26.3 Å². The fourth-order valence-electron chi connectivity index (χ4n) is 1.48. The Morgan fingerprint density at radius 3 is 2.63 bits per heavy atom. The summed E-state index contributed by atoms with van der Waals surface area (Å²) in [5.74, 6) is -1.43. The zero-order chi connectivity index (χ0) is 13.8. The number of carbonyl (C=O) groups excluding carboxylic acids is 1. The number of hydrogen-bond acceptors (Lipinski definition) is 2. The van der Waals surface area contributed by atoms with E-state index in [9.17, 15) is 9.18 Å². The molecule has 0 saturated heterocycles. The van der Waals surface area contributed by atoms with Crippen LogP contribution in [0.2, 0.25) is 5.02 Å². The van der Waals surface area contributed by atoms with E-state index in [4.69, 9.17) is 16.3 Å². The van der Waals surface area contributed by atoms with Crippen LogP contribution in [0.25, 0.3) is 0 Å². The van der Waals surface area contributed by atoms with Gasteiger partial charge in [-0.25, -0.2) is 9.18 Å². The lowest BCUT2D eigenvalue weighted by Gasteiger charge is -2.07. The van der Waals surface area contributed by atoms with Crippen LogP contribution in [0.4, 0.5) is 4.39 Å². The second-order valence-electron chi connectivity index (χ2n) is 3.81.